The SMILES string of the molecule is [Cl-].[Cl][Pt].[NH2-].[NH2-].c1ccc2c3c(ncc2c1)CCCC3. The molecule has 2 aromatic rings. The van der Waals surface area contributed by atoms with E-state index in [9.17, 15) is 0 Å². The minimum absolute atomic E-state index is 0. The number of nitrogens with zero attached hydrogens (tertiary/aromatic N) is 1. The number of aromatic nitrogens is 1. The van der Waals surface area contributed by atoms with Crippen LogP contribution in [0, 0.1) is 0 Å². The van der Waals surface area contributed by atoms with Gasteiger partial charge in [0.25, 0.3) is 0 Å². The quantitative estimate of drug-likeness (QED) is 0.569. The number of hydrogen-bond donors (Lipinski definition) is 0. The molecule has 0 bridgehead atoms. The molecule has 0 atom stereocenters. The largest absolute Gasteiger partial charge is 0.693 e. The monoisotopic (exact) mass is 480 g/mol. The first-order chi connectivity index (χ1) is 7.95. The van der Waals surface area contributed by atoms with Crippen molar-refractivity contribution in [3.05, 3.63) is 54.0 Å². The average molecular weight is 481 g/mol. The summed E-state index contributed by atoms with van der Waals surface area (Å²) in [5.74, 6) is 0. The van der Waals surface area contributed by atoms with Crippen molar-refractivity contribution in [1.82, 2.24) is 4.98 Å². The van der Waals surface area contributed by atoms with Crippen LogP contribution in [-0.4, -0.2) is 4.98 Å². The standard InChI is InChI=1S/C13H13N.2ClH.2H2N.Pt/c1-2-6-11-10(5-1)9-14-13-8-4-3-7-12(11)13;;;;;/h1-2,5-6,9H,3-4,7-8H2;2*1H;2*1H2;/q;;;2*-1;+1/p-2. The van der Waals surface area contributed by atoms with Gasteiger partial charge in [-0.3, -0.25) is 4.98 Å². The van der Waals surface area contributed by atoms with E-state index in [0.717, 1.165) is 0 Å². The van der Waals surface area contributed by atoms with Crippen molar-refractivity contribution >= 4 is 20.2 Å². The Kier molecular flexibility index (Phi) is 11.8. The average Bonchev–Trinajstić information content (AvgIpc) is 2.41. The summed E-state index contributed by atoms with van der Waals surface area (Å²) >= 11 is 1.61. The molecule has 3 rings (SSSR count). The maximum atomic E-state index is 4.61. The molecule has 0 radical (unpaired) electrons. The molecule has 1 heterocycles. The van der Waals surface area contributed by atoms with Crippen molar-refractivity contribution in [3.8, 4) is 0 Å². The summed E-state index contributed by atoms with van der Waals surface area (Å²) < 4.78 is 0. The fraction of sp³-hybridized carbons (Fsp3) is 0.308. The van der Waals surface area contributed by atoms with Crippen molar-refractivity contribution < 1.29 is 31.2 Å². The first-order valence-electron chi connectivity index (χ1n) is 5.42. The van der Waals surface area contributed by atoms with Gasteiger partial charge in [0.05, 0.1) is 0 Å². The predicted octanol–water partition coefficient (Wildman–Crippen LogP) is 2.24. The maximum absolute atomic E-state index is 4.61. The van der Waals surface area contributed by atoms with Crippen LogP contribution in [0.15, 0.2) is 30.5 Å². The van der Waals surface area contributed by atoms with E-state index < -0.39 is 0 Å². The van der Waals surface area contributed by atoms with Crippen LogP contribution < -0.4 is 12.4 Å². The van der Waals surface area contributed by atoms with Gasteiger partial charge in [0.1, 0.15) is 0 Å². The molecule has 6 heteroatoms. The molecule has 0 unspecified atom stereocenters. The van der Waals surface area contributed by atoms with Gasteiger partial charge >= 0.3 is 28.2 Å². The van der Waals surface area contributed by atoms with Crippen LogP contribution >= 0.6 is 9.42 Å². The minimum atomic E-state index is 0. The second-order valence-corrected chi connectivity index (χ2v) is 3.98. The van der Waals surface area contributed by atoms with Crippen LogP contribution in [0.25, 0.3) is 23.1 Å². The van der Waals surface area contributed by atoms with Crippen molar-refractivity contribution in [1.29, 1.82) is 0 Å². The predicted molar refractivity (Wildman–Crippen MR) is 74.8 cm³/mol. The molecule has 3 nitrogen and oxygen atoms in total. The van der Waals surface area contributed by atoms with E-state index in [2.05, 4.69) is 38.7 Å². The Bertz CT molecular complexity index is 494. The van der Waals surface area contributed by atoms with E-state index in [-0.39, 0.29) is 24.7 Å². The summed E-state index contributed by atoms with van der Waals surface area (Å²) in [6.45, 7) is 0. The molecule has 0 aliphatic heterocycles. The zero-order chi connectivity index (χ0) is 11.4. The third-order valence-electron chi connectivity index (χ3n) is 3.08. The molecule has 19 heavy (non-hydrogen) atoms. The molecule has 1 aliphatic rings. The summed E-state index contributed by atoms with van der Waals surface area (Å²) in [4.78, 5) is 4.55. The smallest absolute Gasteiger partial charge is 0.0441 e. The van der Waals surface area contributed by atoms with Gasteiger partial charge in [-0.2, -0.15) is 0 Å². The molecule has 0 saturated heterocycles. The van der Waals surface area contributed by atoms with Gasteiger partial charge in [0.2, 0.25) is 0 Å². The number of rotatable bonds is 0. The minimum Gasteiger partial charge on any atom is -0.693 e. The molecule has 1 aromatic carbocycles. The van der Waals surface area contributed by atoms with Gasteiger partial charge in [0, 0.05) is 17.3 Å². The van der Waals surface area contributed by atoms with E-state index in [4.69, 9.17) is 0 Å². The van der Waals surface area contributed by atoms with Gasteiger partial charge in [-0.1, -0.05) is 24.3 Å². The molecular formula is C13H17Cl2N3Pt-3. The first-order valence-corrected chi connectivity index (χ1v) is 8.24. The maximum Gasteiger partial charge on any atom is 0.0441 e. The third-order valence-corrected chi connectivity index (χ3v) is 3.08. The number of aryl methyl sites for hydroxylation is 2. The van der Waals surface area contributed by atoms with Gasteiger partial charge in [-0.15, -0.1) is 0 Å². The summed E-state index contributed by atoms with van der Waals surface area (Å²) in [5, 5.41) is 2.70. The topological polar surface area (TPSA) is 79.9 Å². The Labute approximate surface area is 135 Å². The van der Waals surface area contributed by atoms with Crippen LogP contribution in [0.2, 0.25) is 0 Å². The molecule has 0 fully saturated rings. The van der Waals surface area contributed by atoms with E-state index in [1.54, 1.807) is 18.8 Å². The fourth-order valence-corrected chi connectivity index (χ4v) is 2.35. The molecule has 0 spiro atoms. The van der Waals surface area contributed by atoms with Gasteiger partial charge in [-0.05, 0) is 36.6 Å². The Balaban J connectivity index is 0. The molecule has 1 aliphatic carbocycles. The zero-order valence-electron chi connectivity index (χ0n) is 10.4. The Morgan fingerprint density at radius 1 is 1.00 bits per heavy atom. The summed E-state index contributed by atoms with van der Waals surface area (Å²) in [6, 6.07) is 8.58. The van der Waals surface area contributed by atoms with E-state index >= 15 is 0 Å². The first kappa shape index (κ1) is 21.1. The van der Waals surface area contributed by atoms with E-state index in [1.165, 1.54) is 47.7 Å². The van der Waals surface area contributed by atoms with Crippen molar-refractivity contribution in [2.24, 2.45) is 0 Å². The van der Waals surface area contributed by atoms with E-state index in [0.29, 0.717) is 0 Å². The normalized spacial score (nSPS) is 11.7. The van der Waals surface area contributed by atoms with Crippen LogP contribution in [0.4, 0.5) is 0 Å². The van der Waals surface area contributed by atoms with Crippen molar-refractivity contribution in [2.45, 2.75) is 25.7 Å². The van der Waals surface area contributed by atoms with Crippen molar-refractivity contribution in [3.63, 3.8) is 0 Å². The molecule has 111 valence electrons. The zero-order valence-corrected chi connectivity index (χ0v) is 14.2. The number of fused-ring (bicyclic) bond motifs is 3. The Hall–Kier alpha value is -0.182. The Morgan fingerprint density at radius 2 is 1.63 bits per heavy atom. The fourth-order valence-electron chi connectivity index (χ4n) is 2.35. The van der Waals surface area contributed by atoms with Gasteiger partial charge in [-0.25, -0.2) is 0 Å². The molecule has 0 amide bonds. The number of halogens is 2. The Morgan fingerprint density at radius 3 is 2.37 bits per heavy atom. The number of nitrogens with two attached hydrogens (primary N) is 2. The van der Waals surface area contributed by atoms with E-state index in [1.807, 2.05) is 6.20 Å². The molecular weight excluding hydrogens is 464 g/mol. The van der Waals surface area contributed by atoms with Crippen LogP contribution in [0.3, 0.4) is 0 Å². The van der Waals surface area contributed by atoms with Crippen LogP contribution in [0.1, 0.15) is 24.1 Å². The van der Waals surface area contributed by atoms with Gasteiger partial charge in [0.15, 0.2) is 0 Å². The van der Waals surface area contributed by atoms with Gasteiger partial charge < -0.3 is 24.7 Å². The number of hydrogen-bond acceptors (Lipinski definition) is 1. The second-order valence-electron chi connectivity index (χ2n) is 3.98. The third kappa shape index (κ3) is 4.69. The van der Waals surface area contributed by atoms with Crippen LogP contribution in [0.5, 0.6) is 0 Å². The summed E-state index contributed by atoms with van der Waals surface area (Å²) in [7, 11) is 4.61. The molecule has 1 aromatic heterocycles. The number of pyridine rings is 1. The van der Waals surface area contributed by atoms with Crippen LogP contribution in [-0.2, 0) is 31.6 Å². The summed E-state index contributed by atoms with van der Waals surface area (Å²) in [5.41, 5.74) is 2.82. The number of benzene rings is 1. The van der Waals surface area contributed by atoms with Crippen molar-refractivity contribution in [2.75, 3.05) is 0 Å². The molecule has 0 saturated carbocycles. The second kappa shape index (κ2) is 10.6. The summed E-state index contributed by atoms with van der Waals surface area (Å²) in [6.07, 6.45) is 7.02. The molecule has 4 N–H and O–H groups in total.